The van der Waals surface area contributed by atoms with Gasteiger partial charge in [0.05, 0.1) is 4.92 Å². The van der Waals surface area contributed by atoms with E-state index in [9.17, 15) is 10.1 Å². The van der Waals surface area contributed by atoms with Crippen LogP contribution in [0.1, 0.15) is 0 Å². The van der Waals surface area contributed by atoms with Crippen LogP contribution in [0.15, 0.2) is 0 Å². The smallest absolute Gasteiger partial charge is 0.340 e. The number of nitro groups is 1. The summed E-state index contributed by atoms with van der Waals surface area (Å²) in [6.07, 6.45) is -2.07. The molecule has 2 unspecified atom stereocenters. The highest BCUT2D eigenvalue weighted by Gasteiger charge is 2.35. The number of hydrogen-bond acceptors (Lipinski definition) is 6. The van der Waals surface area contributed by atoms with Gasteiger partial charge in [0, 0.05) is 7.05 Å². The number of aliphatic hydroxyl groups is 1. The average Bonchev–Trinajstić information content (AvgIpc) is 2.10. The Morgan fingerprint density at radius 1 is 1.80 bits per heavy atom. The molecule has 1 heterocycles. The molecule has 2 atom stereocenters. The number of rotatable bonds is 1. The zero-order chi connectivity index (χ0) is 7.72. The Labute approximate surface area is 56.7 Å². The second kappa shape index (κ2) is 2.46. The van der Waals surface area contributed by atoms with Crippen molar-refractivity contribution in [2.45, 2.75) is 12.6 Å². The molecule has 0 aromatic carbocycles. The first-order valence-corrected chi connectivity index (χ1v) is 2.68. The molecule has 0 aromatic rings. The fourth-order valence-corrected chi connectivity index (χ4v) is 0.756. The summed E-state index contributed by atoms with van der Waals surface area (Å²) in [4.78, 5) is 9.57. The maximum Gasteiger partial charge on any atom is 0.340 e. The van der Waals surface area contributed by atoms with Crippen molar-refractivity contribution < 1.29 is 10.0 Å². The zero-order valence-corrected chi connectivity index (χ0v) is 5.31. The van der Waals surface area contributed by atoms with E-state index in [0.29, 0.717) is 0 Å². The summed E-state index contributed by atoms with van der Waals surface area (Å²) in [6.45, 7) is 0. The molecular formula is C3H8N4O3. The van der Waals surface area contributed by atoms with E-state index in [1.54, 1.807) is 0 Å². The summed E-state index contributed by atoms with van der Waals surface area (Å²) in [6, 6.07) is 0. The molecule has 0 spiro atoms. The summed E-state index contributed by atoms with van der Waals surface area (Å²) >= 11 is 0. The highest BCUT2D eigenvalue weighted by molar-refractivity contribution is 4.61. The highest BCUT2D eigenvalue weighted by Crippen LogP contribution is 1.97. The van der Waals surface area contributed by atoms with Crippen LogP contribution in [0, 0.1) is 10.1 Å². The van der Waals surface area contributed by atoms with Crippen molar-refractivity contribution in [1.82, 2.24) is 15.8 Å². The standard InChI is InChI=1S/C3H8N4O3/c1-6-3(7(9)10)4-2(8)5-6/h2-5,8H,1H3. The Morgan fingerprint density at radius 3 is 2.60 bits per heavy atom. The summed E-state index contributed by atoms with van der Waals surface area (Å²) in [5.41, 5.74) is 2.38. The van der Waals surface area contributed by atoms with Crippen molar-refractivity contribution in [3.8, 4) is 0 Å². The van der Waals surface area contributed by atoms with Gasteiger partial charge < -0.3 is 5.11 Å². The molecule has 10 heavy (non-hydrogen) atoms. The fraction of sp³-hybridized carbons (Fsp3) is 1.00. The molecule has 0 aromatic heterocycles. The van der Waals surface area contributed by atoms with E-state index < -0.39 is 17.6 Å². The third kappa shape index (κ3) is 1.21. The van der Waals surface area contributed by atoms with Crippen LogP contribution >= 0.6 is 0 Å². The third-order valence-electron chi connectivity index (χ3n) is 1.20. The van der Waals surface area contributed by atoms with Crippen molar-refractivity contribution in [2.75, 3.05) is 7.05 Å². The van der Waals surface area contributed by atoms with Crippen LogP contribution in [0.4, 0.5) is 0 Å². The Bertz CT molecular complexity index is 151. The third-order valence-corrected chi connectivity index (χ3v) is 1.20. The summed E-state index contributed by atoms with van der Waals surface area (Å²) in [5.74, 6) is 0. The predicted molar refractivity (Wildman–Crippen MR) is 30.8 cm³/mol. The molecule has 1 aliphatic heterocycles. The minimum absolute atomic E-state index is 0.538. The molecule has 1 aliphatic rings. The maximum atomic E-state index is 10.1. The van der Waals surface area contributed by atoms with Gasteiger partial charge in [-0.3, -0.25) is 10.1 Å². The van der Waals surface area contributed by atoms with E-state index in [0.717, 1.165) is 0 Å². The number of hydrazine groups is 1. The lowest BCUT2D eigenvalue weighted by Crippen LogP contribution is -2.42. The minimum atomic E-state index is -1.05. The SMILES string of the molecule is CN1NC(O)NC1[N+](=O)[O-]. The van der Waals surface area contributed by atoms with E-state index in [1.165, 1.54) is 12.1 Å². The molecule has 1 fully saturated rings. The molecule has 0 aliphatic carbocycles. The Kier molecular flexibility index (Phi) is 1.81. The molecule has 0 radical (unpaired) electrons. The van der Waals surface area contributed by atoms with Crippen molar-refractivity contribution in [3.63, 3.8) is 0 Å². The van der Waals surface area contributed by atoms with Gasteiger partial charge in [-0.2, -0.15) is 10.3 Å². The minimum Gasteiger partial charge on any atom is -0.364 e. The Balaban J connectivity index is 2.54. The molecule has 0 amide bonds. The average molecular weight is 148 g/mol. The van der Waals surface area contributed by atoms with Crippen molar-refractivity contribution in [2.24, 2.45) is 0 Å². The van der Waals surface area contributed by atoms with Gasteiger partial charge in [0.1, 0.15) is 0 Å². The normalized spacial score (nSPS) is 34.6. The molecule has 3 N–H and O–H groups in total. The number of nitrogens with zero attached hydrogens (tertiary/aromatic N) is 2. The second-order valence-electron chi connectivity index (χ2n) is 1.97. The molecule has 0 bridgehead atoms. The zero-order valence-electron chi connectivity index (χ0n) is 5.31. The number of aliphatic hydroxyl groups excluding tert-OH is 1. The van der Waals surface area contributed by atoms with Crippen LogP contribution in [-0.2, 0) is 0 Å². The van der Waals surface area contributed by atoms with Crippen molar-refractivity contribution in [3.05, 3.63) is 10.1 Å². The lowest BCUT2D eigenvalue weighted by atomic mass is 10.8. The van der Waals surface area contributed by atoms with Gasteiger partial charge in [0.2, 0.25) is 0 Å². The van der Waals surface area contributed by atoms with Gasteiger partial charge >= 0.3 is 6.29 Å². The monoisotopic (exact) mass is 148 g/mol. The first kappa shape index (κ1) is 7.35. The van der Waals surface area contributed by atoms with Crippen LogP contribution in [0.5, 0.6) is 0 Å². The summed E-state index contributed by atoms with van der Waals surface area (Å²) in [5, 5.41) is 22.3. The molecular weight excluding hydrogens is 140 g/mol. The predicted octanol–water partition coefficient (Wildman–Crippen LogP) is -2.14. The van der Waals surface area contributed by atoms with Crippen LogP contribution in [0.3, 0.4) is 0 Å². The van der Waals surface area contributed by atoms with Crippen LogP contribution < -0.4 is 10.7 Å². The summed E-state index contributed by atoms with van der Waals surface area (Å²) in [7, 11) is 1.47. The van der Waals surface area contributed by atoms with Gasteiger partial charge in [-0.25, -0.2) is 5.43 Å². The Hall–Kier alpha value is -0.760. The van der Waals surface area contributed by atoms with Crippen LogP contribution in [0.25, 0.3) is 0 Å². The molecule has 0 saturated carbocycles. The first-order chi connectivity index (χ1) is 4.61. The van der Waals surface area contributed by atoms with Crippen molar-refractivity contribution in [1.29, 1.82) is 0 Å². The first-order valence-electron chi connectivity index (χ1n) is 2.68. The van der Waals surface area contributed by atoms with E-state index in [-0.39, 0.29) is 0 Å². The Morgan fingerprint density at radius 2 is 2.40 bits per heavy atom. The lowest BCUT2D eigenvalue weighted by molar-refractivity contribution is -0.552. The lowest BCUT2D eigenvalue weighted by Gasteiger charge is -2.08. The largest absolute Gasteiger partial charge is 0.364 e. The van der Waals surface area contributed by atoms with Gasteiger partial charge in [0.25, 0.3) is 0 Å². The van der Waals surface area contributed by atoms with Gasteiger partial charge in [-0.05, 0) is 0 Å². The van der Waals surface area contributed by atoms with Gasteiger partial charge in [0.15, 0.2) is 6.35 Å². The van der Waals surface area contributed by atoms with Crippen molar-refractivity contribution >= 4 is 0 Å². The number of nitrogens with one attached hydrogen (secondary N) is 2. The van der Waals surface area contributed by atoms with E-state index in [2.05, 4.69) is 10.7 Å². The molecule has 58 valence electrons. The van der Waals surface area contributed by atoms with E-state index in [4.69, 9.17) is 5.11 Å². The van der Waals surface area contributed by atoms with Crippen LogP contribution in [0.2, 0.25) is 0 Å². The molecule has 1 saturated heterocycles. The van der Waals surface area contributed by atoms with Gasteiger partial charge in [-0.1, -0.05) is 0 Å². The molecule has 7 nitrogen and oxygen atoms in total. The topological polar surface area (TPSA) is 90.7 Å². The second-order valence-corrected chi connectivity index (χ2v) is 1.97. The van der Waals surface area contributed by atoms with E-state index >= 15 is 0 Å². The molecule has 7 heteroatoms. The van der Waals surface area contributed by atoms with Crippen LogP contribution in [-0.4, -0.2) is 34.7 Å². The molecule has 1 rings (SSSR count). The maximum absolute atomic E-state index is 10.1. The fourth-order valence-electron chi connectivity index (χ4n) is 0.756. The number of hydrogen-bond donors (Lipinski definition) is 3. The van der Waals surface area contributed by atoms with E-state index in [1.807, 2.05) is 0 Å². The highest BCUT2D eigenvalue weighted by atomic mass is 16.6. The summed E-state index contributed by atoms with van der Waals surface area (Å²) < 4.78 is 0. The van der Waals surface area contributed by atoms with Gasteiger partial charge in [-0.15, -0.1) is 0 Å². The quantitative estimate of drug-likeness (QED) is 0.290.